The van der Waals surface area contributed by atoms with Gasteiger partial charge in [-0.2, -0.15) is 0 Å². The van der Waals surface area contributed by atoms with E-state index >= 15 is 0 Å². The van der Waals surface area contributed by atoms with Crippen LogP contribution >= 0.6 is 34.1 Å². The monoisotopic (exact) mass is 382 g/mol. The van der Waals surface area contributed by atoms with Crippen LogP contribution in [-0.4, -0.2) is 37.1 Å². The van der Waals surface area contributed by atoms with Crippen LogP contribution in [0.1, 0.15) is 18.9 Å². The molecule has 0 aliphatic heterocycles. The van der Waals surface area contributed by atoms with Gasteiger partial charge < -0.3 is 23.9 Å². The molecule has 0 unspecified atom stereocenters. The van der Waals surface area contributed by atoms with Gasteiger partial charge in [-0.25, -0.2) is 0 Å². The van der Waals surface area contributed by atoms with Gasteiger partial charge in [0, 0.05) is 18.1 Å². The van der Waals surface area contributed by atoms with Gasteiger partial charge in [-0.05, 0) is 42.2 Å². The van der Waals surface area contributed by atoms with Crippen LogP contribution in [0.3, 0.4) is 0 Å². The Morgan fingerprint density at radius 2 is 1.83 bits per heavy atom. The van der Waals surface area contributed by atoms with E-state index < -0.39 is 10.9 Å². The number of hydrogen-bond donors (Lipinski definition) is 5. The third kappa shape index (κ3) is 6.10. The van der Waals surface area contributed by atoms with E-state index in [1.807, 2.05) is 0 Å². The summed E-state index contributed by atoms with van der Waals surface area (Å²) >= 11 is 12.3. The molecule has 0 atom stereocenters. The Morgan fingerprint density at radius 3 is 2.35 bits per heavy atom. The highest BCUT2D eigenvalue weighted by Gasteiger charge is 2.23. The predicted molar refractivity (Wildman–Crippen MR) is 94.5 cm³/mol. The lowest BCUT2D eigenvalue weighted by atomic mass is 10.0. The normalized spacial score (nSPS) is 14.3. The van der Waals surface area contributed by atoms with Crippen LogP contribution in [0.2, 0.25) is 10.0 Å². The van der Waals surface area contributed by atoms with Gasteiger partial charge in [-0.3, -0.25) is 0 Å². The Morgan fingerprint density at radius 1 is 1.17 bits per heavy atom. The predicted octanol–water partition coefficient (Wildman–Crippen LogP) is 4.37. The topological polar surface area (TPSA) is 101 Å². The third-order valence-electron chi connectivity index (χ3n) is 3.04. The Balaban J connectivity index is 3.28. The third-order valence-corrected chi connectivity index (χ3v) is 4.87. The second-order valence-electron chi connectivity index (χ2n) is 4.97. The van der Waals surface area contributed by atoms with Gasteiger partial charge in [0.25, 0.3) is 0 Å². The van der Waals surface area contributed by atoms with Crippen LogP contribution in [-0.2, 0) is 6.42 Å². The molecule has 0 amide bonds. The van der Waals surface area contributed by atoms with Crippen molar-refractivity contribution >= 4 is 34.1 Å². The summed E-state index contributed by atoms with van der Waals surface area (Å²) in [6.07, 6.45) is 4.17. The molecule has 0 fully saturated rings. The maximum absolute atomic E-state index is 9.42. The number of rotatable bonds is 7. The van der Waals surface area contributed by atoms with E-state index in [0.717, 1.165) is 5.57 Å². The van der Waals surface area contributed by atoms with E-state index in [2.05, 4.69) is 0 Å². The maximum atomic E-state index is 9.42. The van der Waals surface area contributed by atoms with E-state index in [1.165, 1.54) is 12.1 Å². The fourth-order valence-corrected chi connectivity index (χ4v) is 3.38. The van der Waals surface area contributed by atoms with Crippen molar-refractivity contribution in [2.75, 3.05) is 13.2 Å². The molecule has 0 saturated heterocycles. The van der Waals surface area contributed by atoms with Crippen LogP contribution in [0, 0.1) is 0 Å². The van der Waals surface area contributed by atoms with Gasteiger partial charge in [0.15, 0.2) is 0 Å². The molecule has 0 radical (unpaired) electrons. The first-order chi connectivity index (χ1) is 10.7. The molecular formula is C15H20Cl2O5S. The van der Waals surface area contributed by atoms with E-state index in [-0.39, 0.29) is 29.6 Å². The smallest absolute Gasteiger partial charge is 0.114 e. The lowest BCUT2D eigenvalue weighted by Gasteiger charge is -2.22. The van der Waals surface area contributed by atoms with Crippen LogP contribution in [0.15, 0.2) is 40.3 Å². The zero-order valence-corrected chi connectivity index (χ0v) is 14.9. The number of benzene rings is 1. The standard InChI is InChI=1S/C15H20Cl2O5S/c1-10(9-19)7-11(3-2-6-18)8-12-13(16)4-5-14(15(12)17)23(20,21)22/h3-5,7,18-22H,2,6,8-9H2,1H3/b10-7-,11-3+. The molecule has 0 saturated carbocycles. The molecule has 0 aliphatic carbocycles. The summed E-state index contributed by atoms with van der Waals surface area (Å²) in [5, 5.41) is 18.4. The van der Waals surface area contributed by atoms with E-state index in [1.54, 1.807) is 19.1 Å². The van der Waals surface area contributed by atoms with Gasteiger partial charge in [-0.15, -0.1) is 0 Å². The molecule has 1 aromatic carbocycles. The zero-order chi connectivity index (χ0) is 17.6. The molecule has 8 heteroatoms. The Hall–Kier alpha value is -0.570. The largest absolute Gasteiger partial charge is 0.396 e. The van der Waals surface area contributed by atoms with E-state index in [0.29, 0.717) is 22.6 Å². The molecular weight excluding hydrogens is 363 g/mol. The maximum Gasteiger partial charge on any atom is 0.114 e. The van der Waals surface area contributed by atoms with Gasteiger partial charge in [0.05, 0.1) is 16.5 Å². The molecule has 23 heavy (non-hydrogen) atoms. The minimum Gasteiger partial charge on any atom is -0.396 e. The number of aliphatic hydroxyl groups excluding tert-OH is 2. The summed E-state index contributed by atoms with van der Waals surface area (Å²) in [4.78, 5) is -0.192. The lowest BCUT2D eigenvalue weighted by Crippen LogP contribution is -2.01. The molecule has 0 spiro atoms. The summed E-state index contributed by atoms with van der Waals surface area (Å²) in [6.45, 7) is 1.60. The summed E-state index contributed by atoms with van der Waals surface area (Å²) in [5.74, 6) is 0. The number of aliphatic hydroxyl groups is 2. The highest BCUT2D eigenvalue weighted by atomic mass is 35.5. The van der Waals surface area contributed by atoms with Crippen LogP contribution in [0.25, 0.3) is 0 Å². The highest BCUT2D eigenvalue weighted by molar-refractivity contribution is 8.19. The molecule has 5 nitrogen and oxygen atoms in total. The van der Waals surface area contributed by atoms with Crippen molar-refractivity contribution in [3.05, 3.63) is 51.0 Å². The Bertz CT molecular complexity index is 609. The molecule has 0 bridgehead atoms. The fraction of sp³-hybridized carbons (Fsp3) is 0.333. The molecule has 0 heterocycles. The second-order valence-corrected chi connectivity index (χ2v) is 7.24. The van der Waals surface area contributed by atoms with Crippen molar-refractivity contribution in [2.24, 2.45) is 0 Å². The number of allylic oxidation sites excluding steroid dienone is 2. The van der Waals surface area contributed by atoms with Crippen molar-refractivity contribution in [3.8, 4) is 0 Å². The first-order valence-corrected chi connectivity index (χ1v) is 9.02. The number of hydrogen-bond acceptors (Lipinski definition) is 5. The quantitative estimate of drug-likeness (QED) is 0.450. The molecule has 130 valence electrons. The Labute approximate surface area is 147 Å². The highest BCUT2D eigenvalue weighted by Crippen LogP contribution is 2.49. The second kappa shape index (κ2) is 9.05. The first kappa shape index (κ1) is 20.5. The summed E-state index contributed by atoms with van der Waals surface area (Å²) in [6, 6.07) is 2.68. The van der Waals surface area contributed by atoms with Crippen molar-refractivity contribution in [1.82, 2.24) is 0 Å². The van der Waals surface area contributed by atoms with Crippen molar-refractivity contribution in [1.29, 1.82) is 0 Å². The van der Waals surface area contributed by atoms with Gasteiger partial charge in [-0.1, -0.05) is 35.4 Å². The summed E-state index contributed by atoms with van der Waals surface area (Å²) in [5.41, 5.74) is 1.89. The van der Waals surface area contributed by atoms with Crippen molar-refractivity contribution < 1.29 is 23.9 Å². The first-order valence-electron chi connectivity index (χ1n) is 6.76. The lowest BCUT2D eigenvalue weighted by molar-refractivity contribution is 0.302. The molecule has 5 N–H and O–H groups in total. The van der Waals surface area contributed by atoms with Crippen LogP contribution < -0.4 is 0 Å². The summed E-state index contributed by atoms with van der Waals surface area (Å²) in [7, 11) is -3.96. The van der Waals surface area contributed by atoms with Crippen molar-refractivity contribution in [2.45, 2.75) is 24.7 Å². The van der Waals surface area contributed by atoms with Crippen LogP contribution in [0.4, 0.5) is 0 Å². The van der Waals surface area contributed by atoms with Gasteiger partial charge >= 0.3 is 0 Å². The fourth-order valence-electron chi connectivity index (χ4n) is 1.95. The zero-order valence-electron chi connectivity index (χ0n) is 12.5. The van der Waals surface area contributed by atoms with E-state index in [4.69, 9.17) is 33.4 Å². The van der Waals surface area contributed by atoms with Gasteiger partial charge in [0.1, 0.15) is 10.9 Å². The minimum atomic E-state index is -3.96. The molecule has 0 aliphatic rings. The molecule has 0 aromatic heterocycles. The van der Waals surface area contributed by atoms with E-state index in [9.17, 15) is 13.7 Å². The van der Waals surface area contributed by atoms with Crippen molar-refractivity contribution in [3.63, 3.8) is 0 Å². The average Bonchev–Trinajstić information content (AvgIpc) is 2.46. The SMILES string of the molecule is C/C(=C/C(=C\CCO)Cc1c(Cl)ccc(S(O)(O)O)c1Cl)CO. The Kier molecular flexibility index (Phi) is 8.06. The molecule has 1 aromatic rings. The van der Waals surface area contributed by atoms with Crippen LogP contribution in [0.5, 0.6) is 0 Å². The number of halogens is 2. The summed E-state index contributed by atoms with van der Waals surface area (Å²) < 4.78 is 28.3. The minimum absolute atomic E-state index is 0.0232. The van der Waals surface area contributed by atoms with Gasteiger partial charge in [0.2, 0.25) is 0 Å². The molecule has 1 rings (SSSR count). The average molecular weight is 383 g/mol.